The van der Waals surface area contributed by atoms with Gasteiger partial charge in [-0.05, 0) is 25.4 Å². The number of esters is 3. The number of amides is 2. The lowest BCUT2D eigenvalue weighted by Crippen LogP contribution is -2.55. The summed E-state index contributed by atoms with van der Waals surface area (Å²) in [5, 5.41) is 14.2. The van der Waals surface area contributed by atoms with Crippen molar-refractivity contribution >= 4 is 47.5 Å². The van der Waals surface area contributed by atoms with Crippen molar-refractivity contribution in [2.24, 2.45) is 0 Å². The van der Waals surface area contributed by atoms with E-state index in [0.29, 0.717) is 25.3 Å². The SMILES string of the molecule is CSCC[C@H](NC(=O)CN1CCN2CC(=O)OC2CN2CC(=O)OC2CN2CC(=O)OC2C1)C(=O)N[C@@H](C)C(=O)O. The molecule has 0 saturated carbocycles. The molecule has 0 aromatic carbocycles. The summed E-state index contributed by atoms with van der Waals surface area (Å²) in [6.07, 6.45) is 0.159. The molecule has 228 valence electrons. The fraction of sp³-hybridized carbons (Fsp3) is 0.750. The molecule has 4 saturated heterocycles. The van der Waals surface area contributed by atoms with Crippen LogP contribution in [0.1, 0.15) is 13.3 Å². The maximum Gasteiger partial charge on any atom is 0.325 e. The van der Waals surface area contributed by atoms with Crippen molar-refractivity contribution in [3.05, 3.63) is 0 Å². The first-order valence-electron chi connectivity index (χ1n) is 13.4. The number of carbonyl (C=O) groups excluding carboxylic acids is 5. The van der Waals surface area contributed by atoms with Crippen molar-refractivity contribution in [1.29, 1.82) is 0 Å². The van der Waals surface area contributed by atoms with E-state index in [9.17, 15) is 28.8 Å². The Kier molecular flexibility index (Phi) is 10.4. The molecule has 4 heterocycles. The lowest BCUT2D eigenvalue weighted by atomic mass is 10.2. The molecule has 0 spiro atoms. The number of ether oxygens (including phenoxy) is 3. The molecular formula is C24H36N6O10S. The van der Waals surface area contributed by atoms with E-state index < -0.39 is 66.5 Å². The molecule has 2 amide bonds. The average molecular weight is 601 g/mol. The molecule has 0 bridgehead atoms. The van der Waals surface area contributed by atoms with E-state index in [1.165, 1.54) is 18.7 Å². The highest BCUT2D eigenvalue weighted by Crippen LogP contribution is 2.22. The van der Waals surface area contributed by atoms with Crippen LogP contribution in [-0.2, 0) is 43.0 Å². The average Bonchev–Trinajstić information content (AvgIpc) is 3.54. The van der Waals surface area contributed by atoms with Gasteiger partial charge in [0.05, 0.1) is 32.7 Å². The molecular weight excluding hydrogens is 564 g/mol. The Morgan fingerprint density at radius 2 is 1.41 bits per heavy atom. The summed E-state index contributed by atoms with van der Waals surface area (Å²) in [6, 6.07) is -2.07. The number of hydrogen-bond donors (Lipinski definition) is 3. The zero-order valence-corrected chi connectivity index (χ0v) is 23.8. The van der Waals surface area contributed by atoms with Crippen molar-refractivity contribution < 1.29 is 48.1 Å². The van der Waals surface area contributed by atoms with Gasteiger partial charge in [-0.2, -0.15) is 11.8 Å². The molecule has 0 radical (unpaired) electrons. The van der Waals surface area contributed by atoms with E-state index in [4.69, 9.17) is 19.3 Å². The minimum absolute atomic E-state index is 0.0180. The van der Waals surface area contributed by atoms with Gasteiger partial charge in [-0.3, -0.25) is 48.4 Å². The molecule has 3 unspecified atom stereocenters. The lowest BCUT2D eigenvalue weighted by Gasteiger charge is -2.35. The van der Waals surface area contributed by atoms with E-state index in [-0.39, 0.29) is 45.8 Å². The number of carboxylic acids is 1. The molecule has 0 aliphatic carbocycles. The predicted octanol–water partition coefficient (Wildman–Crippen LogP) is -3.32. The van der Waals surface area contributed by atoms with Gasteiger partial charge in [0.25, 0.3) is 0 Å². The zero-order chi connectivity index (χ0) is 29.7. The lowest BCUT2D eigenvalue weighted by molar-refractivity contribution is -0.148. The first-order valence-corrected chi connectivity index (χ1v) is 14.8. The second-order valence-electron chi connectivity index (χ2n) is 10.4. The predicted molar refractivity (Wildman–Crippen MR) is 141 cm³/mol. The van der Waals surface area contributed by atoms with Gasteiger partial charge in [0.1, 0.15) is 25.2 Å². The molecule has 5 atom stereocenters. The Labute approximate surface area is 240 Å². The topological polar surface area (TPSA) is 187 Å². The molecule has 41 heavy (non-hydrogen) atoms. The fourth-order valence-electron chi connectivity index (χ4n) is 5.09. The molecule has 4 aliphatic rings. The van der Waals surface area contributed by atoms with Crippen LogP contribution in [0.2, 0.25) is 0 Å². The smallest absolute Gasteiger partial charge is 0.325 e. The third-order valence-corrected chi connectivity index (χ3v) is 7.92. The summed E-state index contributed by atoms with van der Waals surface area (Å²) >= 11 is 1.48. The van der Waals surface area contributed by atoms with Crippen molar-refractivity contribution in [2.45, 2.75) is 44.1 Å². The molecule has 17 heteroatoms. The Balaban J connectivity index is 1.48. The number of nitrogens with zero attached hydrogens (tertiary/aromatic N) is 4. The summed E-state index contributed by atoms with van der Waals surface area (Å²) in [5.41, 5.74) is 0. The second kappa shape index (κ2) is 13.8. The number of carboxylic acid groups (broad SMARTS) is 1. The highest BCUT2D eigenvalue weighted by atomic mass is 32.2. The van der Waals surface area contributed by atoms with Crippen LogP contribution in [0.3, 0.4) is 0 Å². The highest BCUT2D eigenvalue weighted by Gasteiger charge is 2.44. The van der Waals surface area contributed by atoms with E-state index in [0.717, 1.165) is 0 Å². The fourth-order valence-corrected chi connectivity index (χ4v) is 5.56. The third-order valence-electron chi connectivity index (χ3n) is 7.28. The van der Waals surface area contributed by atoms with Crippen LogP contribution in [0, 0.1) is 0 Å². The number of hydrogen-bond acceptors (Lipinski definition) is 14. The van der Waals surface area contributed by atoms with Crippen molar-refractivity contribution in [3.8, 4) is 0 Å². The number of fused-ring (bicyclic) bond motifs is 3. The van der Waals surface area contributed by atoms with Crippen molar-refractivity contribution in [3.63, 3.8) is 0 Å². The molecule has 4 fully saturated rings. The monoisotopic (exact) mass is 600 g/mol. The Bertz CT molecular complexity index is 1050. The molecule has 0 aromatic heterocycles. The van der Waals surface area contributed by atoms with Gasteiger partial charge in [-0.15, -0.1) is 0 Å². The van der Waals surface area contributed by atoms with E-state index in [1.54, 1.807) is 14.7 Å². The molecule has 3 N–H and O–H groups in total. The van der Waals surface area contributed by atoms with Gasteiger partial charge >= 0.3 is 23.9 Å². The summed E-state index contributed by atoms with van der Waals surface area (Å²) in [6.45, 7) is 2.44. The van der Waals surface area contributed by atoms with Gasteiger partial charge in [-0.25, -0.2) is 0 Å². The van der Waals surface area contributed by atoms with Crippen LogP contribution in [0.5, 0.6) is 0 Å². The second-order valence-corrected chi connectivity index (χ2v) is 11.4. The zero-order valence-electron chi connectivity index (χ0n) is 23.0. The van der Waals surface area contributed by atoms with Gasteiger partial charge in [0, 0.05) is 13.1 Å². The van der Waals surface area contributed by atoms with Gasteiger partial charge < -0.3 is 30.0 Å². The maximum atomic E-state index is 13.2. The molecule has 4 rings (SSSR count). The van der Waals surface area contributed by atoms with Crippen molar-refractivity contribution in [1.82, 2.24) is 30.2 Å². The number of carbonyl (C=O) groups is 6. The van der Waals surface area contributed by atoms with Gasteiger partial charge in [0.15, 0.2) is 18.7 Å². The van der Waals surface area contributed by atoms with E-state index in [2.05, 4.69) is 10.6 Å². The van der Waals surface area contributed by atoms with Crippen LogP contribution in [0.15, 0.2) is 0 Å². The third kappa shape index (κ3) is 8.28. The summed E-state index contributed by atoms with van der Waals surface area (Å²) in [4.78, 5) is 80.7. The highest BCUT2D eigenvalue weighted by molar-refractivity contribution is 7.98. The molecule has 16 nitrogen and oxygen atoms in total. The summed E-state index contributed by atoms with van der Waals surface area (Å²) in [5.74, 6) is -2.97. The Morgan fingerprint density at radius 3 is 1.98 bits per heavy atom. The quantitative estimate of drug-likeness (QED) is 0.176. The van der Waals surface area contributed by atoms with E-state index in [1.807, 2.05) is 11.2 Å². The Hall–Kier alpha value is -2.99. The molecule has 4 aliphatic heterocycles. The number of nitrogens with one attached hydrogen (secondary N) is 2. The largest absolute Gasteiger partial charge is 0.480 e. The summed E-state index contributed by atoms with van der Waals surface area (Å²) in [7, 11) is 0. The Morgan fingerprint density at radius 1 is 0.878 bits per heavy atom. The van der Waals surface area contributed by atoms with Crippen LogP contribution in [0.4, 0.5) is 0 Å². The van der Waals surface area contributed by atoms with Crippen molar-refractivity contribution in [2.75, 3.05) is 70.9 Å². The maximum absolute atomic E-state index is 13.2. The van der Waals surface area contributed by atoms with Crippen LogP contribution in [0.25, 0.3) is 0 Å². The number of aliphatic carboxylic acids is 1. The van der Waals surface area contributed by atoms with Crippen LogP contribution >= 0.6 is 11.8 Å². The van der Waals surface area contributed by atoms with Crippen LogP contribution in [-0.4, -0.2) is 162 Å². The minimum Gasteiger partial charge on any atom is -0.480 e. The first kappa shape index (κ1) is 31.0. The first-order chi connectivity index (χ1) is 19.5. The minimum atomic E-state index is -1.19. The summed E-state index contributed by atoms with van der Waals surface area (Å²) < 4.78 is 16.5. The number of thioether (sulfide) groups is 1. The van der Waals surface area contributed by atoms with Gasteiger partial charge in [-0.1, -0.05) is 0 Å². The van der Waals surface area contributed by atoms with Crippen LogP contribution < -0.4 is 10.6 Å². The number of rotatable bonds is 9. The van der Waals surface area contributed by atoms with Gasteiger partial charge in [0.2, 0.25) is 11.8 Å². The molecule has 0 aromatic rings. The van der Waals surface area contributed by atoms with E-state index >= 15 is 0 Å². The standard InChI is InChI=1S/C24H36N6O10S/c1-14(24(36)37)25-23(35)15(3-6-41-2)26-16(31)7-27-4-5-28-11-20(32)39-18(28)9-30-13-22(34)40-19(30)10-29-12-21(33)38-17(29)8-27/h14-15,17-19H,3-13H2,1-2H3,(H,25,35)(H,26,31)(H,36,37)/t14-,15-,17?,18?,19?/m0/s1. The normalized spacial score (nSPS) is 27.7.